The van der Waals surface area contributed by atoms with Crippen LogP contribution in [0, 0.1) is 5.82 Å². The fraction of sp³-hybridized carbons (Fsp3) is 0.545. The maximum Gasteiger partial charge on any atom is 0.224 e. The molecule has 28 heavy (non-hydrogen) atoms. The van der Waals surface area contributed by atoms with Crippen molar-refractivity contribution in [3.8, 4) is 16.9 Å². The van der Waals surface area contributed by atoms with Crippen molar-refractivity contribution >= 4 is 11.6 Å². The fourth-order valence-corrected chi connectivity index (χ4v) is 4.36. The number of nitrogens with zero attached hydrogens (tertiary/aromatic N) is 3. The van der Waals surface area contributed by atoms with Gasteiger partial charge in [0.2, 0.25) is 5.91 Å². The molecule has 0 unspecified atom stereocenters. The Morgan fingerprint density at radius 1 is 1.25 bits per heavy atom. The molecule has 2 heterocycles. The van der Waals surface area contributed by atoms with Crippen LogP contribution in [0.4, 0.5) is 10.1 Å². The van der Waals surface area contributed by atoms with Crippen LogP contribution in [-0.4, -0.2) is 27.8 Å². The highest BCUT2D eigenvalue weighted by atomic mass is 19.1. The van der Waals surface area contributed by atoms with Crippen LogP contribution in [0.1, 0.15) is 64.0 Å². The monoisotopic (exact) mass is 383 g/mol. The second kappa shape index (κ2) is 6.61. The lowest BCUT2D eigenvalue weighted by Crippen LogP contribution is -2.41. The Kier molecular flexibility index (Phi) is 4.18. The summed E-state index contributed by atoms with van der Waals surface area (Å²) in [6, 6.07) is 2.00. The van der Waals surface area contributed by atoms with E-state index in [1.54, 1.807) is 11.1 Å². The number of ether oxygens (including phenoxy) is 1. The molecule has 2 aliphatic carbocycles. The van der Waals surface area contributed by atoms with Crippen molar-refractivity contribution in [2.75, 3.05) is 4.90 Å². The molecular weight excluding hydrogens is 357 g/mol. The highest BCUT2D eigenvalue weighted by Crippen LogP contribution is 2.46. The van der Waals surface area contributed by atoms with Gasteiger partial charge in [-0.05, 0) is 57.9 Å². The lowest BCUT2D eigenvalue weighted by Gasteiger charge is -2.37. The molecule has 1 aromatic carbocycles. The summed E-state index contributed by atoms with van der Waals surface area (Å²) in [7, 11) is 0. The molecule has 148 valence electrons. The molecule has 1 aliphatic heterocycles. The Bertz CT molecular complexity index is 930. The molecule has 2 aromatic rings. The molecule has 2 fully saturated rings. The zero-order valence-electron chi connectivity index (χ0n) is 16.4. The molecule has 1 atom stereocenters. The van der Waals surface area contributed by atoms with Crippen molar-refractivity contribution in [3.05, 3.63) is 29.8 Å². The van der Waals surface area contributed by atoms with E-state index in [0.29, 0.717) is 18.2 Å². The van der Waals surface area contributed by atoms with Gasteiger partial charge in [-0.1, -0.05) is 0 Å². The molecule has 1 aromatic heterocycles. The van der Waals surface area contributed by atoms with E-state index in [-0.39, 0.29) is 23.9 Å². The second-order valence-corrected chi connectivity index (χ2v) is 8.45. The first-order valence-electron chi connectivity index (χ1n) is 10.4. The molecular formula is C22H26FN3O2. The van der Waals surface area contributed by atoms with Crippen molar-refractivity contribution in [1.82, 2.24) is 9.78 Å². The quantitative estimate of drug-likeness (QED) is 0.773. The standard InChI is InChI=1S/C22H26FN3O2/c1-13-6-9-18-21(26(13)14(2)27)20(23)10-19(22(18)28-17-4-3-5-17)15-11-24-25(12-15)16-7-8-16/h10-13,16-17H,3-9H2,1-2H3/t13-/m0/s1. The van der Waals surface area contributed by atoms with Gasteiger partial charge in [0.25, 0.3) is 0 Å². The molecule has 0 saturated heterocycles. The number of carbonyl (C=O) groups is 1. The first-order chi connectivity index (χ1) is 13.5. The van der Waals surface area contributed by atoms with E-state index < -0.39 is 0 Å². The van der Waals surface area contributed by atoms with E-state index in [2.05, 4.69) is 5.10 Å². The van der Waals surface area contributed by atoms with E-state index in [1.807, 2.05) is 17.8 Å². The largest absolute Gasteiger partial charge is 0.489 e. The number of aromatic nitrogens is 2. The lowest BCUT2D eigenvalue weighted by molar-refractivity contribution is -0.117. The maximum atomic E-state index is 15.3. The summed E-state index contributed by atoms with van der Waals surface area (Å²) in [5, 5.41) is 4.48. The van der Waals surface area contributed by atoms with Gasteiger partial charge < -0.3 is 9.64 Å². The van der Waals surface area contributed by atoms with Gasteiger partial charge in [-0.25, -0.2) is 4.39 Å². The summed E-state index contributed by atoms with van der Waals surface area (Å²) < 4.78 is 23.7. The summed E-state index contributed by atoms with van der Waals surface area (Å²) in [6.07, 6.45) is 11.0. The molecule has 5 nitrogen and oxygen atoms in total. The van der Waals surface area contributed by atoms with E-state index >= 15 is 4.39 Å². The maximum absolute atomic E-state index is 15.3. The number of anilines is 1. The Labute approximate surface area is 164 Å². The van der Waals surface area contributed by atoms with Crippen molar-refractivity contribution in [2.24, 2.45) is 0 Å². The summed E-state index contributed by atoms with van der Waals surface area (Å²) in [5.41, 5.74) is 2.87. The van der Waals surface area contributed by atoms with Crippen molar-refractivity contribution in [3.63, 3.8) is 0 Å². The first-order valence-corrected chi connectivity index (χ1v) is 10.4. The average Bonchev–Trinajstić information content (AvgIpc) is 3.36. The topological polar surface area (TPSA) is 47.4 Å². The molecule has 2 saturated carbocycles. The summed E-state index contributed by atoms with van der Waals surface area (Å²) in [4.78, 5) is 13.9. The van der Waals surface area contributed by atoms with Gasteiger partial charge in [-0.2, -0.15) is 5.10 Å². The summed E-state index contributed by atoms with van der Waals surface area (Å²) in [6.45, 7) is 3.48. The van der Waals surface area contributed by atoms with Crippen LogP contribution < -0.4 is 9.64 Å². The molecule has 3 aliphatic rings. The number of rotatable bonds is 4. The first kappa shape index (κ1) is 17.7. The van der Waals surface area contributed by atoms with Crippen molar-refractivity contribution < 1.29 is 13.9 Å². The van der Waals surface area contributed by atoms with Crippen LogP contribution in [0.25, 0.3) is 11.1 Å². The smallest absolute Gasteiger partial charge is 0.224 e. The van der Waals surface area contributed by atoms with Gasteiger partial charge in [0.1, 0.15) is 11.6 Å². The lowest BCUT2D eigenvalue weighted by atomic mass is 9.90. The Morgan fingerprint density at radius 3 is 2.68 bits per heavy atom. The molecule has 6 heteroatoms. The van der Waals surface area contributed by atoms with Crippen LogP contribution in [0.2, 0.25) is 0 Å². The minimum atomic E-state index is -0.355. The molecule has 0 radical (unpaired) electrons. The van der Waals surface area contributed by atoms with Gasteiger partial charge in [-0.15, -0.1) is 0 Å². The van der Waals surface area contributed by atoms with Crippen LogP contribution in [0.15, 0.2) is 18.5 Å². The minimum absolute atomic E-state index is 0.0143. The number of halogens is 1. The van der Waals surface area contributed by atoms with Crippen LogP contribution in [0.5, 0.6) is 5.75 Å². The van der Waals surface area contributed by atoms with E-state index in [4.69, 9.17) is 4.74 Å². The number of amides is 1. The van der Waals surface area contributed by atoms with Gasteiger partial charge in [-0.3, -0.25) is 9.48 Å². The molecule has 1 amide bonds. The van der Waals surface area contributed by atoms with Gasteiger partial charge in [0, 0.05) is 35.9 Å². The fourth-order valence-electron chi connectivity index (χ4n) is 4.36. The predicted octanol–water partition coefficient (Wildman–Crippen LogP) is 4.64. The van der Waals surface area contributed by atoms with Gasteiger partial charge in [0.15, 0.2) is 0 Å². The summed E-state index contributed by atoms with van der Waals surface area (Å²) >= 11 is 0. The third-order valence-corrected chi connectivity index (χ3v) is 6.31. The van der Waals surface area contributed by atoms with Crippen LogP contribution >= 0.6 is 0 Å². The zero-order chi connectivity index (χ0) is 19.4. The molecule has 0 N–H and O–H groups in total. The van der Waals surface area contributed by atoms with Crippen molar-refractivity contribution in [1.29, 1.82) is 0 Å². The SMILES string of the molecule is CC(=O)N1c2c(F)cc(-c3cnn(C4CC4)c3)c(OC3CCC3)c2CC[C@@H]1C. The van der Waals surface area contributed by atoms with E-state index in [9.17, 15) is 4.79 Å². The predicted molar refractivity (Wildman–Crippen MR) is 105 cm³/mol. The number of hydrogen-bond acceptors (Lipinski definition) is 3. The van der Waals surface area contributed by atoms with E-state index in [0.717, 1.165) is 54.5 Å². The highest BCUT2D eigenvalue weighted by Gasteiger charge is 2.35. The normalized spacial score (nSPS) is 22.0. The minimum Gasteiger partial charge on any atom is -0.489 e. The number of fused-ring (bicyclic) bond motifs is 1. The van der Waals surface area contributed by atoms with Crippen LogP contribution in [0.3, 0.4) is 0 Å². The molecule has 0 bridgehead atoms. The van der Waals surface area contributed by atoms with Crippen LogP contribution in [-0.2, 0) is 11.2 Å². The average molecular weight is 383 g/mol. The van der Waals surface area contributed by atoms with E-state index in [1.165, 1.54) is 19.4 Å². The molecule has 0 spiro atoms. The second-order valence-electron chi connectivity index (χ2n) is 8.45. The Morgan fingerprint density at radius 2 is 2.04 bits per heavy atom. The van der Waals surface area contributed by atoms with Gasteiger partial charge >= 0.3 is 0 Å². The highest BCUT2D eigenvalue weighted by molar-refractivity contribution is 5.95. The third kappa shape index (κ3) is 2.90. The number of benzene rings is 1. The summed E-state index contributed by atoms with van der Waals surface area (Å²) in [5.74, 6) is 0.262. The van der Waals surface area contributed by atoms with Crippen molar-refractivity contribution in [2.45, 2.75) is 77.0 Å². The number of carbonyl (C=O) groups excluding carboxylic acids is 1. The van der Waals surface area contributed by atoms with Gasteiger partial charge in [0.05, 0.1) is 24.0 Å². The third-order valence-electron chi connectivity index (χ3n) is 6.31. The molecule has 5 rings (SSSR count). The number of hydrogen-bond donors (Lipinski definition) is 0. The Hall–Kier alpha value is -2.37. The Balaban J connectivity index is 1.65. The zero-order valence-corrected chi connectivity index (χ0v) is 16.4.